The smallest absolute Gasteiger partial charge is 0.306 e. The fourth-order valence-electron chi connectivity index (χ4n) is 1.18. The van der Waals surface area contributed by atoms with Crippen LogP contribution in [0.15, 0.2) is 0 Å². The van der Waals surface area contributed by atoms with Crippen molar-refractivity contribution < 1.29 is 19.1 Å². The fraction of sp³-hybridized carbons (Fsp3) is 0.818. The molecule has 0 aromatic carbocycles. The molecule has 0 aliphatic heterocycles. The Kier molecular flexibility index (Phi) is 10.8. The molecule has 0 bridgehead atoms. The molecule has 0 aliphatic rings. The van der Waals surface area contributed by atoms with Gasteiger partial charge in [-0.3, -0.25) is 9.59 Å². The zero-order valence-corrected chi connectivity index (χ0v) is 10.6. The lowest BCUT2D eigenvalue weighted by Crippen LogP contribution is -2.30. The number of methoxy groups -OCH3 is 2. The second kappa shape index (κ2) is 11.5. The predicted octanol–water partition coefficient (Wildman–Crippen LogP) is -0.666. The zero-order chi connectivity index (χ0) is 12.9. The maximum atomic E-state index is 11.1. The van der Waals surface area contributed by atoms with Crippen molar-refractivity contribution in [3.05, 3.63) is 0 Å². The van der Waals surface area contributed by atoms with E-state index >= 15 is 0 Å². The Morgan fingerprint density at radius 3 is 2.06 bits per heavy atom. The number of nitrogens with one attached hydrogen (secondary N) is 2. The molecule has 0 radical (unpaired) electrons. The summed E-state index contributed by atoms with van der Waals surface area (Å²) >= 11 is 0. The minimum Gasteiger partial charge on any atom is -0.469 e. The van der Waals surface area contributed by atoms with Gasteiger partial charge in [-0.15, -0.1) is 0 Å². The monoisotopic (exact) mass is 246 g/mol. The summed E-state index contributed by atoms with van der Waals surface area (Å²) < 4.78 is 9.21. The summed E-state index contributed by atoms with van der Waals surface area (Å²) in [7, 11) is 2.89. The van der Waals surface area contributed by atoms with Crippen LogP contribution in [0, 0.1) is 0 Å². The molecule has 0 fully saturated rings. The molecule has 0 aromatic rings. The first kappa shape index (κ1) is 16.0. The van der Waals surface area contributed by atoms with Crippen molar-refractivity contribution in [3.8, 4) is 0 Å². The van der Waals surface area contributed by atoms with Gasteiger partial charge in [0.2, 0.25) is 0 Å². The van der Waals surface area contributed by atoms with Crippen LogP contribution in [-0.4, -0.2) is 58.8 Å². The number of hydrogen-bond donors (Lipinski definition) is 2. The summed E-state index contributed by atoms with van der Waals surface area (Å²) in [6, 6.07) is 0. The van der Waals surface area contributed by atoms with E-state index in [1.165, 1.54) is 14.2 Å². The molecule has 0 unspecified atom stereocenters. The van der Waals surface area contributed by atoms with Crippen LogP contribution in [0.5, 0.6) is 0 Å². The number of ketones is 1. The van der Waals surface area contributed by atoms with E-state index in [1.807, 2.05) is 0 Å². The molecule has 0 atom stereocenters. The Morgan fingerprint density at radius 2 is 1.53 bits per heavy atom. The van der Waals surface area contributed by atoms with Gasteiger partial charge in [0.05, 0.1) is 13.5 Å². The SMILES string of the molecule is COCC(=O)CCNCCNCCC(=O)OC. The summed E-state index contributed by atoms with van der Waals surface area (Å²) in [5, 5.41) is 6.21. The Bertz CT molecular complexity index is 222. The predicted molar refractivity (Wildman–Crippen MR) is 63.9 cm³/mol. The third kappa shape index (κ3) is 11.3. The van der Waals surface area contributed by atoms with Crippen molar-refractivity contribution in [1.29, 1.82) is 0 Å². The van der Waals surface area contributed by atoms with E-state index in [9.17, 15) is 9.59 Å². The molecule has 6 heteroatoms. The quantitative estimate of drug-likeness (QED) is 0.372. The maximum Gasteiger partial charge on any atom is 0.306 e. The van der Waals surface area contributed by atoms with Crippen LogP contribution in [-0.2, 0) is 19.1 Å². The molecule has 0 aromatic heterocycles. The van der Waals surface area contributed by atoms with Gasteiger partial charge in [-0.25, -0.2) is 0 Å². The number of esters is 1. The van der Waals surface area contributed by atoms with Crippen LogP contribution in [0.2, 0.25) is 0 Å². The van der Waals surface area contributed by atoms with E-state index in [-0.39, 0.29) is 18.4 Å². The first-order valence-corrected chi connectivity index (χ1v) is 5.69. The molecule has 0 saturated heterocycles. The van der Waals surface area contributed by atoms with Gasteiger partial charge in [0.15, 0.2) is 5.78 Å². The molecule has 2 N–H and O–H groups in total. The minimum atomic E-state index is -0.212. The minimum absolute atomic E-state index is 0.0960. The van der Waals surface area contributed by atoms with Crippen molar-refractivity contribution in [2.24, 2.45) is 0 Å². The van der Waals surface area contributed by atoms with Gasteiger partial charge in [0.25, 0.3) is 0 Å². The molecule has 0 heterocycles. The van der Waals surface area contributed by atoms with Gasteiger partial charge in [0.1, 0.15) is 6.61 Å². The third-order valence-electron chi connectivity index (χ3n) is 2.10. The van der Waals surface area contributed by atoms with Gasteiger partial charge in [-0.05, 0) is 0 Å². The van der Waals surface area contributed by atoms with E-state index in [4.69, 9.17) is 4.74 Å². The van der Waals surface area contributed by atoms with Crippen molar-refractivity contribution >= 4 is 11.8 Å². The lowest BCUT2D eigenvalue weighted by molar-refractivity contribution is -0.140. The summed E-state index contributed by atoms with van der Waals surface area (Å²) in [5.74, 6) is -0.116. The summed E-state index contributed by atoms with van der Waals surface area (Å²) in [6.07, 6.45) is 0.860. The van der Waals surface area contributed by atoms with Crippen molar-refractivity contribution in [2.45, 2.75) is 12.8 Å². The first-order valence-electron chi connectivity index (χ1n) is 5.69. The summed E-state index contributed by atoms with van der Waals surface area (Å²) in [5.41, 5.74) is 0. The maximum absolute atomic E-state index is 11.1. The van der Waals surface area contributed by atoms with Gasteiger partial charge in [-0.1, -0.05) is 0 Å². The number of carbonyl (C=O) groups excluding carboxylic acids is 2. The standard InChI is InChI=1S/C11H22N2O4/c1-16-9-10(14)3-5-12-7-8-13-6-4-11(15)17-2/h12-13H,3-9H2,1-2H3. The molecule has 0 amide bonds. The molecule has 0 saturated carbocycles. The van der Waals surface area contributed by atoms with Gasteiger partial charge < -0.3 is 20.1 Å². The Labute approximate surface area is 102 Å². The largest absolute Gasteiger partial charge is 0.469 e. The van der Waals surface area contributed by atoms with Crippen molar-refractivity contribution in [1.82, 2.24) is 10.6 Å². The van der Waals surface area contributed by atoms with Crippen molar-refractivity contribution in [2.75, 3.05) is 47.0 Å². The van der Waals surface area contributed by atoms with Gasteiger partial charge in [-0.2, -0.15) is 0 Å². The highest BCUT2D eigenvalue weighted by atomic mass is 16.5. The molecule has 0 rings (SSSR count). The van der Waals surface area contributed by atoms with Crippen LogP contribution < -0.4 is 10.6 Å². The lowest BCUT2D eigenvalue weighted by atomic mass is 10.3. The highest BCUT2D eigenvalue weighted by Crippen LogP contribution is 1.82. The average molecular weight is 246 g/mol. The first-order chi connectivity index (χ1) is 8.20. The Morgan fingerprint density at radius 1 is 0.941 bits per heavy atom. The second-order valence-electron chi connectivity index (χ2n) is 3.55. The number of carbonyl (C=O) groups is 2. The van der Waals surface area contributed by atoms with E-state index in [0.29, 0.717) is 25.9 Å². The topological polar surface area (TPSA) is 76.7 Å². The lowest BCUT2D eigenvalue weighted by Gasteiger charge is -2.05. The highest BCUT2D eigenvalue weighted by Gasteiger charge is 2.00. The number of Topliss-reactive ketones (excluding diaryl/α,β-unsaturated/α-hetero) is 1. The second-order valence-corrected chi connectivity index (χ2v) is 3.55. The van der Waals surface area contributed by atoms with Crippen LogP contribution in [0.25, 0.3) is 0 Å². The molecule has 0 aliphatic carbocycles. The van der Waals surface area contributed by atoms with Crippen LogP contribution in [0.4, 0.5) is 0 Å². The van der Waals surface area contributed by atoms with Crippen LogP contribution >= 0.6 is 0 Å². The third-order valence-corrected chi connectivity index (χ3v) is 2.10. The average Bonchev–Trinajstić information content (AvgIpc) is 2.32. The molecule has 6 nitrogen and oxygen atoms in total. The van der Waals surface area contributed by atoms with Gasteiger partial charge >= 0.3 is 5.97 Å². The normalized spacial score (nSPS) is 10.2. The zero-order valence-electron chi connectivity index (χ0n) is 10.6. The number of ether oxygens (including phenoxy) is 2. The van der Waals surface area contributed by atoms with Crippen molar-refractivity contribution in [3.63, 3.8) is 0 Å². The van der Waals surface area contributed by atoms with E-state index in [0.717, 1.165) is 13.1 Å². The van der Waals surface area contributed by atoms with Gasteiger partial charge in [0, 0.05) is 39.7 Å². The Hall–Kier alpha value is -0.980. The summed E-state index contributed by atoms with van der Waals surface area (Å²) in [4.78, 5) is 21.8. The van der Waals surface area contributed by atoms with E-state index in [1.54, 1.807) is 0 Å². The van der Waals surface area contributed by atoms with Crippen LogP contribution in [0.3, 0.4) is 0 Å². The molecule has 0 spiro atoms. The molecule has 17 heavy (non-hydrogen) atoms. The van der Waals surface area contributed by atoms with Crippen LogP contribution in [0.1, 0.15) is 12.8 Å². The summed E-state index contributed by atoms with van der Waals surface area (Å²) in [6.45, 7) is 2.97. The fourth-order valence-corrected chi connectivity index (χ4v) is 1.18. The molecular formula is C11H22N2O4. The van der Waals surface area contributed by atoms with E-state index < -0.39 is 0 Å². The molecular weight excluding hydrogens is 224 g/mol. The highest BCUT2D eigenvalue weighted by molar-refractivity contribution is 5.79. The number of hydrogen-bond acceptors (Lipinski definition) is 6. The Balaban J connectivity index is 3.13. The molecule has 100 valence electrons. The van der Waals surface area contributed by atoms with E-state index in [2.05, 4.69) is 15.4 Å². The number of rotatable bonds is 11.